The highest BCUT2D eigenvalue weighted by atomic mass is 16.4. The van der Waals surface area contributed by atoms with Gasteiger partial charge < -0.3 is 21.1 Å². The second kappa shape index (κ2) is 9.07. The van der Waals surface area contributed by atoms with Gasteiger partial charge in [0.15, 0.2) is 6.10 Å². The molecule has 0 aliphatic carbocycles. The Kier molecular flexibility index (Phi) is 8.15. The number of aliphatic hydroxyl groups is 1. The molecule has 0 bridgehead atoms. The zero-order valence-electron chi connectivity index (χ0n) is 10.7. The van der Waals surface area contributed by atoms with Crippen LogP contribution >= 0.6 is 0 Å². The lowest BCUT2D eigenvalue weighted by molar-refractivity contribution is -0.152. The van der Waals surface area contributed by atoms with Gasteiger partial charge in [0.25, 0.3) is 0 Å². The number of aliphatic hydroxyl groups excluding tert-OH is 1. The van der Waals surface area contributed by atoms with Crippen LogP contribution in [-0.4, -0.2) is 39.9 Å². The van der Waals surface area contributed by atoms with Gasteiger partial charge in [0.05, 0.1) is 6.42 Å². The van der Waals surface area contributed by atoms with Crippen molar-refractivity contribution in [2.24, 2.45) is 5.73 Å². The van der Waals surface area contributed by atoms with Gasteiger partial charge in [-0.15, -0.1) is 0 Å². The van der Waals surface area contributed by atoms with Crippen LogP contribution in [0, 0.1) is 0 Å². The van der Waals surface area contributed by atoms with E-state index < -0.39 is 24.5 Å². The van der Waals surface area contributed by atoms with Crippen LogP contribution < -0.4 is 5.73 Å². The Morgan fingerprint density at radius 3 is 2.05 bits per heavy atom. The molecule has 0 heterocycles. The van der Waals surface area contributed by atoms with Crippen LogP contribution in [0.3, 0.4) is 0 Å². The third-order valence-electron chi connectivity index (χ3n) is 2.38. The molecule has 0 saturated heterocycles. The number of nitrogens with two attached hydrogens (primary N) is 1. The summed E-state index contributed by atoms with van der Waals surface area (Å²) in [4.78, 5) is 19.4. The van der Waals surface area contributed by atoms with Crippen LogP contribution in [-0.2, 0) is 9.59 Å². The predicted octanol–water partition coefficient (Wildman–Crippen LogP) is 0.655. The van der Waals surface area contributed by atoms with Crippen LogP contribution in [0.4, 0.5) is 0 Å². The van der Waals surface area contributed by atoms with Crippen molar-refractivity contribution in [1.82, 2.24) is 0 Å². The Morgan fingerprint density at radius 1 is 1.21 bits per heavy atom. The van der Waals surface area contributed by atoms with Crippen LogP contribution in [0.25, 0.3) is 0 Å². The number of carboxylic acid groups (broad SMARTS) is 2. The molecule has 0 spiro atoms. The number of carboxylic acids is 2. The van der Waals surface area contributed by atoms with Crippen LogP contribution in [0.1, 0.15) is 24.8 Å². The van der Waals surface area contributed by atoms with Crippen molar-refractivity contribution in [3.05, 3.63) is 35.9 Å². The topological polar surface area (TPSA) is 121 Å². The molecule has 6 nitrogen and oxygen atoms in total. The molecule has 19 heavy (non-hydrogen) atoms. The van der Waals surface area contributed by atoms with Crippen LogP contribution in [0.5, 0.6) is 0 Å². The third kappa shape index (κ3) is 7.91. The molecule has 0 aliphatic rings. The normalized spacial score (nSPS) is 12.8. The molecule has 1 unspecified atom stereocenters. The van der Waals surface area contributed by atoms with E-state index in [1.807, 2.05) is 18.2 Å². The average molecular weight is 269 g/mol. The third-order valence-corrected chi connectivity index (χ3v) is 2.38. The number of rotatable bonds is 5. The second-order valence-electron chi connectivity index (χ2n) is 4.00. The van der Waals surface area contributed by atoms with Gasteiger partial charge in [-0.3, -0.25) is 4.79 Å². The first kappa shape index (κ1) is 17.1. The monoisotopic (exact) mass is 269 g/mol. The summed E-state index contributed by atoms with van der Waals surface area (Å²) in [5.74, 6) is -2.36. The molecule has 0 amide bonds. The molecule has 2 atom stereocenters. The van der Waals surface area contributed by atoms with E-state index in [-0.39, 0.29) is 0 Å². The van der Waals surface area contributed by atoms with E-state index in [0.29, 0.717) is 5.92 Å². The molecule has 0 radical (unpaired) electrons. The zero-order valence-corrected chi connectivity index (χ0v) is 10.7. The summed E-state index contributed by atoms with van der Waals surface area (Å²) in [5.41, 5.74) is 6.83. The van der Waals surface area contributed by atoms with Gasteiger partial charge >= 0.3 is 11.9 Å². The van der Waals surface area contributed by atoms with Crippen molar-refractivity contribution < 1.29 is 24.9 Å². The molecule has 1 rings (SSSR count). The largest absolute Gasteiger partial charge is 0.481 e. The minimum absolute atomic E-state index is 0.487. The van der Waals surface area contributed by atoms with E-state index in [1.165, 1.54) is 5.56 Å². The maximum Gasteiger partial charge on any atom is 0.333 e. The lowest BCUT2D eigenvalue weighted by Gasteiger charge is -2.06. The van der Waals surface area contributed by atoms with Crippen molar-refractivity contribution in [1.29, 1.82) is 0 Å². The first-order valence-corrected chi connectivity index (χ1v) is 5.76. The number of hydrogen-bond donors (Lipinski definition) is 4. The summed E-state index contributed by atoms with van der Waals surface area (Å²) in [6.07, 6.45) is -2.54. The minimum Gasteiger partial charge on any atom is -0.481 e. The highest BCUT2D eigenvalue weighted by Gasteiger charge is 2.16. The van der Waals surface area contributed by atoms with Crippen LogP contribution in [0.15, 0.2) is 30.3 Å². The Hall–Kier alpha value is -1.92. The quantitative estimate of drug-likeness (QED) is 0.623. The molecule has 0 aliphatic heterocycles. The molecule has 0 saturated carbocycles. The molecule has 0 fully saturated rings. The van der Waals surface area contributed by atoms with Gasteiger partial charge in [-0.25, -0.2) is 4.79 Å². The van der Waals surface area contributed by atoms with E-state index in [4.69, 9.17) is 21.1 Å². The lowest BCUT2D eigenvalue weighted by atomic mass is 10.0. The zero-order chi connectivity index (χ0) is 14.8. The lowest BCUT2D eigenvalue weighted by Crippen LogP contribution is -2.22. The highest BCUT2D eigenvalue weighted by Crippen LogP contribution is 2.11. The van der Waals surface area contributed by atoms with E-state index >= 15 is 0 Å². The Bertz CT molecular complexity index is 393. The Morgan fingerprint density at radius 2 is 1.74 bits per heavy atom. The van der Waals surface area contributed by atoms with E-state index in [2.05, 4.69) is 19.1 Å². The van der Waals surface area contributed by atoms with Gasteiger partial charge in [0.2, 0.25) is 0 Å². The fraction of sp³-hybridized carbons (Fsp3) is 0.385. The smallest absolute Gasteiger partial charge is 0.333 e. The summed E-state index contributed by atoms with van der Waals surface area (Å²) in [5, 5.41) is 24.1. The fourth-order valence-electron chi connectivity index (χ4n) is 1.17. The molecule has 6 heteroatoms. The first-order chi connectivity index (χ1) is 8.88. The van der Waals surface area contributed by atoms with Crippen molar-refractivity contribution >= 4 is 11.9 Å². The number of hydrogen-bond acceptors (Lipinski definition) is 4. The second-order valence-corrected chi connectivity index (χ2v) is 4.00. The SMILES string of the molecule is CC(CN)c1ccccc1.O=C(O)C[C@@H](O)C(=O)O. The van der Waals surface area contributed by atoms with Gasteiger partial charge in [-0.2, -0.15) is 0 Å². The summed E-state index contributed by atoms with van der Waals surface area (Å²) in [6.45, 7) is 2.86. The van der Waals surface area contributed by atoms with Gasteiger partial charge in [-0.1, -0.05) is 37.3 Å². The molecular formula is C13H19NO5. The van der Waals surface area contributed by atoms with E-state index in [9.17, 15) is 9.59 Å². The molecule has 1 aromatic rings. The van der Waals surface area contributed by atoms with Gasteiger partial charge in [0.1, 0.15) is 0 Å². The number of aliphatic carboxylic acids is 2. The Labute approximate surface area is 111 Å². The summed E-state index contributed by atoms with van der Waals surface area (Å²) in [7, 11) is 0. The highest BCUT2D eigenvalue weighted by molar-refractivity contribution is 5.79. The maximum atomic E-state index is 9.72. The molecule has 0 aromatic heterocycles. The minimum atomic E-state index is -1.79. The average Bonchev–Trinajstić information content (AvgIpc) is 2.38. The summed E-state index contributed by atoms with van der Waals surface area (Å²) in [6, 6.07) is 10.3. The Balaban J connectivity index is 0.000000344. The number of carbonyl (C=O) groups is 2. The fourth-order valence-corrected chi connectivity index (χ4v) is 1.17. The van der Waals surface area contributed by atoms with E-state index in [0.717, 1.165) is 6.54 Å². The van der Waals surface area contributed by atoms with Gasteiger partial charge in [0, 0.05) is 0 Å². The predicted molar refractivity (Wildman–Crippen MR) is 69.8 cm³/mol. The number of benzene rings is 1. The molecule has 5 N–H and O–H groups in total. The summed E-state index contributed by atoms with van der Waals surface area (Å²) >= 11 is 0. The van der Waals surface area contributed by atoms with Crippen molar-refractivity contribution in [3.63, 3.8) is 0 Å². The van der Waals surface area contributed by atoms with E-state index in [1.54, 1.807) is 0 Å². The molecule has 106 valence electrons. The van der Waals surface area contributed by atoms with Crippen LogP contribution in [0.2, 0.25) is 0 Å². The summed E-state index contributed by atoms with van der Waals surface area (Å²) < 4.78 is 0. The standard InChI is InChI=1S/C9H13N.C4H6O5/c1-8(7-10)9-5-3-2-4-6-9;5-2(4(8)9)1-3(6)7/h2-6,8H,7,10H2,1H3;2,5H,1H2,(H,6,7)(H,8,9)/t;2-/m.1/s1. The first-order valence-electron chi connectivity index (χ1n) is 5.76. The molecular weight excluding hydrogens is 250 g/mol. The maximum absolute atomic E-state index is 9.72. The molecule has 1 aromatic carbocycles. The van der Waals surface area contributed by atoms with Crippen molar-refractivity contribution in [2.45, 2.75) is 25.4 Å². The van der Waals surface area contributed by atoms with Gasteiger partial charge in [-0.05, 0) is 18.0 Å². The van der Waals surface area contributed by atoms with Crippen molar-refractivity contribution in [2.75, 3.05) is 6.54 Å². The van der Waals surface area contributed by atoms with Crippen molar-refractivity contribution in [3.8, 4) is 0 Å².